The molecule has 1 N–H and O–H groups in total. The van der Waals surface area contributed by atoms with Crippen LogP contribution in [0.3, 0.4) is 0 Å². The summed E-state index contributed by atoms with van der Waals surface area (Å²) in [5.41, 5.74) is -0.171. The molecule has 7 heteroatoms. The number of allylic oxidation sites excluding steroid dienone is 2. The van der Waals surface area contributed by atoms with Crippen molar-refractivity contribution >= 4 is 17.6 Å². The van der Waals surface area contributed by atoms with E-state index in [1.807, 2.05) is 25.1 Å². The Morgan fingerprint density at radius 1 is 1.26 bits per heavy atom. The Balaban J connectivity index is 1.82. The first kappa shape index (κ1) is 18.7. The zero-order chi connectivity index (χ0) is 19.6. The van der Waals surface area contributed by atoms with Crippen LogP contribution < -0.4 is 14.8 Å². The van der Waals surface area contributed by atoms with Gasteiger partial charge in [-0.2, -0.15) is 4.99 Å². The number of methoxy groups -OCH3 is 2. The molecule has 2 amide bonds. The van der Waals surface area contributed by atoms with Crippen molar-refractivity contribution in [1.82, 2.24) is 10.2 Å². The third kappa shape index (κ3) is 3.45. The molecule has 3 rings (SSSR count). The first-order valence-corrected chi connectivity index (χ1v) is 8.67. The van der Waals surface area contributed by atoms with Crippen molar-refractivity contribution in [3.8, 4) is 11.5 Å². The number of rotatable bonds is 5. The molecule has 1 aromatic rings. The number of amidine groups is 1. The lowest BCUT2D eigenvalue weighted by molar-refractivity contribution is -0.135. The highest BCUT2D eigenvalue weighted by Crippen LogP contribution is 2.32. The van der Waals surface area contributed by atoms with Crippen molar-refractivity contribution in [2.45, 2.75) is 31.8 Å². The molecule has 0 spiro atoms. The molecule has 2 aliphatic rings. The van der Waals surface area contributed by atoms with Crippen LogP contribution in [0, 0.1) is 0 Å². The van der Waals surface area contributed by atoms with Gasteiger partial charge in [-0.05, 0) is 43.7 Å². The minimum Gasteiger partial charge on any atom is -0.493 e. The van der Waals surface area contributed by atoms with E-state index in [0.717, 1.165) is 5.56 Å². The monoisotopic (exact) mass is 369 g/mol. The van der Waals surface area contributed by atoms with Crippen LogP contribution in [-0.2, 0) is 9.59 Å². The smallest absolute Gasteiger partial charge is 0.250 e. The molecule has 1 aromatic carbocycles. The Morgan fingerprint density at radius 3 is 2.70 bits per heavy atom. The highest BCUT2D eigenvalue weighted by molar-refractivity contribution is 6.09. The van der Waals surface area contributed by atoms with Crippen LogP contribution in [0.4, 0.5) is 0 Å². The lowest BCUT2D eigenvalue weighted by atomic mass is 9.90. The predicted molar refractivity (Wildman–Crippen MR) is 102 cm³/mol. The largest absolute Gasteiger partial charge is 0.493 e. The maximum absolute atomic E-state index is 13.1. The highest BCUT2D eigenvalue weighted by atomic mass is 16.5. The second kappa shape index (κ2) is 7.26. The molecule has 2 atom stereocenters. The number of hydrogen-bond acceptors (Lipinski definition) is 5. The summed E-state index contributed by atoms with van der Waals surface area (Å²) in [6.07, 6.45) is 7.11. The van der Waals surface area contributed by atoms with Crippen LogP contribution in [0.2, 0.25) is 0 Å². The Bertz CT molecular complexity index is 859. The van der Waals surface area contributed by atoms with E-state index >= 15 is 0 Å². The van der Waals surface area contributed by atoms with Crippen LogP contribution >= 0.6 is 0 Å². The third-order valence-corrected chi connectivity index (χ3v) is 4.85. The van der Waals surface area contributed by atoms with Crippen LogP contribution in [-0.4, -0.2) is 42.3 Å². The fourth-order valence-corrected chi connectivity index (χ4v) is 3.24. The fraction of sp³-hybridized carbons (Fsp3) is 0.350. The topological polar surface area (TPSA) is 80.2 Å². The average Bonchev–Trinajstić information content (AvgIpc) is 2.67. The Morgan fingerprint density at radius 2 is 2.00 bits per heavy atom. The SMILES string of the molecule is COc1ccc(C(C)NC(=O)C2(C)CC(=O)N=C3C=CC=CN32)cc1OC. The van der Waals surface area contributed by atoms with E-state index in [4.69, 9.17) is 9.47 Å². The predicted octanol–water partition coefficient (Wildman–Crippen LogP) is 2.35. The molecule has 0 saturated carbocycles. The molecule has 0 aromatic heterocycles. The van der Waals surface area contributed by atoms with Crippen LogP contribution in [0.1, 0.15) is 31.9 Å². The Kier molecular flexibility index (Phi) is 5.03. The lowest BCUT2D eigenvalue weighted by Gasteiger charge is -2.42. The summed E-state index contributed by atoms with van der Waals surface area (Å²) in [6, 6.07) is 5.22. The van der Waals surface area contributed by atoms with E-state index in [-0.39, 0.29) is 24.3 Å². The number of nitrogens with zero attached hydrogens (tertiary/aromatic N) is 2. The number of carbonyl (C=O) groups excluding carboxylic acids is 2. The molecular weight excluding hydrogens is 346 g/mol. The van der Waals surface area contributed by atoms with Gasteiger partial charge in [-0.1, -0.05) is 12.1 Å². The van der Waals surface area contributed by atoms with E-state index < -0.39 is 5.54 Å². The summed E-state index contributed by atoms with van der Waals surface area (Å²) >= 11 is 0. The lowest BCUT2D eigenvalue weighted by Crippen LogP contribution is -2.60. The molecule has 0 fully saturated rings. The van der Waals surface area contributed by atoms with Crippen molar-refractivity contribution in [2.24, 2.45) is 4.99 Å². The maximum atomic E-state index is 13.1. The van der Waals surface area contributed by atoms with Gasteiger partial charge in [0.15, 0.2) is 11.5 Å². The number of nitrogens with one attached hydrogen (secondary N) is 1. The van der Waals surface area contributed by atoms with Crippen molar-refractivity contribution in [3.63, 3.8) is 0 Å². The summed E-state index contributed by atoms with van der Waals surface area (Å²) < 4.78 is 10.6. The van der Waals surface area contributed by atoms with Gasteiger partial charge in [0.2, 0.25) is 5.91 Å². The first-order chi connectivity index (χ1) is 12.9. The zero-order valence-corrected chi connectivity index (χ0v) is 15.9. The molecule has 142 valence electrons. The molecular formula is C20H23N3O4. The molecule has 7 nitrogen and oxygen atoms in total. The zero-order valence-electron chi connectivity index (χ0n) is 15.9. The van der Waals surface area contributed by atoms with Crippen molar-refractivity contribution in [3.05, 3.63) is 48.2 Å². The quantitative estimate of drug-likeness (QED) is 0.862. The fourth-order valence-electron chi connectivity index (χ4n) is 3.24. The van der Waals surface area contributed by atoms with Crippen molar-refractivity contribution in [2.75, 3.05) is 14.2 Å². The minimum atomic E-state index is -1.04. The maximum Gasteiger partial charge on any atom is 0.250 e. The average molecular weight is 369 g/mol. The molecule has 0 radical (unpaired) electrons. The number of benzene rings is 1. The third-order valence-electron chi connectivity index (χ3n) is 4.85. The van der Waals surface area contributed by atoms with Gasteiger partial charge in [-0.3, -0.25) is 9.59 Å². The van der Waals surface area contributed by atoms with E-state index in [0.29, 0.717) is 17.3 Å². The van der Waals surface area contributed by atoms with E-state index in [9.17, 15) is 9.59 Å². The molecule has 2 unspecified atom stereocenters. The number of ether oxygens (including phenoxy) is 2. The highest BCUT2D eigenvalue weighted by Gasteiger charge is 2.45. The number of hydrogen-bond donors (Lipinski definition) is 1. The normalized spacial score (nSPS) is 22.0. The Hall–Kier alpha value is -3.09. The van der Waals surface area contributed by atoms with Crippen molar-refractivity contribution < 1.29 is 19.1 Å². The molecule has 2 aliphatic heterocycles. The summed E-state index contributed by atoms with van der Waals surface area (Å²) in [7, 11) is 3.14. The Labute approximate surface area is 158 Å². The minimum absolute atomic E-state index is 0.0131. The van der Waals surface area contributed by atoms with Crippen molar-refractivity contribution in [1.29, 1.82) is 0 Å². The second-order valence-corrected chi connectivity index (χ2v) is 6.69. The van der Waals surface area contributed by atoms with Gasteiger partial charge in [-0.25, -0.2) is 0 Å². The van der Waals surface area contributed by atoms with Gasteiger partial charge in [-0.15, -0.1) is 0 Å². The second-order valence-electron chi connectivity index (χ2n) is 6.69. The van der Waals surface area contributed by atoms with Crippen LogP contribution in [0.25, 0.3) is 0 Å². The van der Waals surface area contributed by atoms with E-state index in [1.54, 1.807) is 50.5 Å². The van der Waals surface area contributed by atoms with Gasteiger partial charge in [0, 0.05) is 6.20 Å². The molecule has 0 bridgehead atoms. The van der Waals surface area contributed by atoms with Crippen LogP contribution in [0.5, 0.6) is 11.5 Å². The van der Waals surface area contributed by atoms with Gasteiger partial charge in [0.05, 0.1) is 26.7 Å². The number of aliphatic imine (C=N–C) groups is 1. The van der Waals surface area contributed by atoms with Gasteiger partial charge < -0.3 is 19.7 Å². The van der Waals surface area contributed by atoms with Gasteiger partial charge in [0.1, 0.15) is 11.4 Å². The van der Waals surface area contributed by atoms with Gasteiger partial charge in [0.25, 0.3) is 5.91 Å². The first-order valence-electron chi connectivity index (χ1n) is 8.67. The summed E-state index contributed by atoms with van der Waals surface area (Å²) in [5.74, 6) is 1.14. The number of fused-ring (bicyclic) bond motifs is 1. The number of carbonyl (C=O) groups is 2. The summed E-state index contributed by atoms with van der Waals surface area (Å²) in [4.78, 5) is 30.9. The standard InChI is InChI=1S/C20H23N3O4/c1-13(14-8-9-15(26-3)16(11-14)27-4)21-19(25)20(2)12-18(24)22-17-7-5-6-10-23(17)20/h5-11,13H,12H2,1-4H3,(H,21,25). The summed E-state index contributed by atoms with van der Waals surface area (Å²) in [5, 5.41) is 3.01. The van der Waals surface area contributed by atoms with Crippen LogP contribution in [0.15, 0.2) is 47.6 Å². The van der Waals surface area contributed by atoms with E-state index in [1.165, 1.54) is 0 Å². The number of amides is 2. The van der Waals surface area contributed by atoms with Gasteiger partial charge >= 0.3 is 0 Å². The molecule has 2 heterocycles. The molecule has 0 saturated heterocycles. The summed E-state index contributed by atoms with van der Waals surface area (Å²) in [6.45, 7) is 3.63. The molecule has 27 heavy (non-hydrogen) atoms. The van der Waals surface area contributed by atoms with E-state index in [2.05, 4.69) is 10.3 Å². The molecule has 0 aliphatic carbocycles.